The number of unbranched alkanes of at least 4 members (excludes halogenated alkanes) is 3. The van der Waals surface area contributed by atoms with Crippen LogP contribution >= 0.6 is 0 Å². The van der Waals surface area contributed by atoms with Gasteiger partial charge in [0.05, 0.1) is 12.8 Å². The van der Waals surface area contributed by atoms with Crippen LogP contribution in [0.3, 0.4) is 0 Å². The number of allylic oxidation sites excluding steroid dienone is 1. The molecule has 0 spiro atoms. The van der Waals surface area contributed by atoms with Gasteiger partial charge >= 0.3 is 0 Å². The second kappa shape index (κ2) is 7.39. The van der Waals surface area contributed by atoms with Crippen LogP contribution in [0, 0.1) is 0 Å². The standard InChI is InChI=1S/C12H19NO/c1-2-3-4-5-6-9-13-11-12-8-7-10-14-12/h2,7-8,10,13H,1,3-6,9,11H2. The molecule has 1 heterocycles. The highest BCUT2D eigenvalue weighted by Crippen LogP contribution is 2.01. The van der Waals surface area contributed by atoms with Crippen molar-refractivity contribution in [2.45, 2.75) is 32.2 Å². The Kier molecular flexibility index (Phi) is 5.84. The maximum atomic E-state index is 5.20. The van der Waals surface area contributed by atoms with Crippen LogP contribution in [0.2, 0.25) is 0 Å². The van der Waals surface area contributed by atoms with E-state index < -0.39 is 0 Å². The average Bonchev–Trinajstić information content (AvgIpc) is 2.69. The molecule has 0 saturated heterocycles. The fourth-order valence-corrected chi connectivity index (χ4v) is 1.34. The van der Waals surface area contributed by atoms with E-state index in [4.69, 9.17) is 4.42 Å². The zero-order valence-electron chi connectivity index (χ0n) is 8.67. The predicted octanol–water partition coefficient (Wildman–Crippen LogP) is 3.12. The zero-order valence-corrected chi connectivity index (χ0v) is 8.67. The molecule has 0 fully saturated rings. The van der Waals surface area contributed by atoms with Gasteiger partial charge in [0.25, 0.3) is 0 Å². The SMILES string of the molecule is C=CCCCCCNCc1ccco1. The van der Waals surface area contributed by atoms with Gasteiger partial charge in [-0.05, 0) is 37.9 Å². The lowest BCUT2D eigenvalue weighted by molar-refractivity contribution is 0.478. The van der Waals surface area contributed by atoms with E-state index in [-0.39, 0.29) is 0 Å². The number of hydrogen-bond acceptors (Lipinski definition) is 2. The van der Waals surface area contributed by atoms with E-state index in [1.165, 1.54) is 19.3 Å². The van der Waals surface area contributed by atoms with E-state index in [0.29, 0.717) is 0 Å². The highest BCUT2D eigenvalue weighted by atomic mass is 16.3. The van der Waals surface area contributed by atoms with Crippen LogP contribution < -0.4 is 5.32 Å². The van der Waals surface area contributed by atoms with Crippen LogP contribution in [0.25, 0.3) is 0 Å². The van der Waals surface area contributed by atoms with Crippen molar-refractivity contribution in [3.8, 4) is 0 Å². The van der Waals surface area contributed by atoms with E-state index in [1.54, 1.807) is 6.26 Å². The summed E-state index contributed by atoms with van der Waals surface area (Å²) in [5.74, 6) is 1.01. The number of nitrogens with one attached hydrogen (secondary N) is 1. The van der Waals surface area contributed by atoms with E-state index in [1.807, 2.05) is 18.2 Å². The minimum absolute atomic E-state index is 0.842. The summed E-state index contributed by atoms with van der Waals surface area (Å²) in [4.78, 5) is 0. The third-order valence-electron chi connectivity index (χ3n) is 2.14. The van der Waals surface area contributed by atoms with Gasteiger partial charge in [-0.1, -0.05) is 12.5 Å². The molecule has 0 amide bonds. The van der Waals surface area contributed by atoms with Crippen LogP contribution in [0.1, 0.15) is 31.4 Å². The third-order valence-corrected chi connectivity index (χ3v) is 2.14. The number of rotatable bonds is 8. The Morgan fingerprint density at radius 2 is 2.29 bits per heavy atom. The van der Waals surface area contributed by atoms with E-state index in [2.05, 4.69) is 11.9 Å². The minimum atomic E-state index is 0.842. The van der Waals surface area contributed by atoms with Gasteiger partial charge in [-0.25, -0.2) is 0 Å². The smallest absolute Gasteiger partial charge is 0.117 e. The van der Waals surface area contributed by atoms with Gasteiger partial charge < -0.3 is 9.73 Å². The van der Waals surface area contributed by atoms with Crippen molar-refractivity contribution in [3.05, 3.63) is 36.8 Å². The first-order valence-corrected chi connectivity index (χ1v) is 5.27. The number of furan rings is 1. The minimum Gasteiger partial charge on any atom is -0.468 e. The maximum absolute atomic E-state index is 5.20. The summed E-state index contributed by atoms with van der Waals surface area (Å²) in [6.45, 7) is 5.61. The van der Waals surface area contributed by atoms with Crippen LogP contribution in [-0.2, 0) is 6.54 Å². The van der Waals surface area contributed by atoms with Gasteiger partial charge in [0.15, 0.2) is 0 Å². The molecule has 2 heteroatoms. The second-order valence-electron chi connectivity index (χ2n) is 3.39. The number of hydrogen-bond donors (Lipinski definition) is 1. The molecule has 1 N–H and O–H groups in total. The normalized spacial score (nSPS) is 10.3. The zero-order chi connectivity index (χ0) is 10.1. The second-order valence-corrected chi connectivity index (χ2v) is 3.39. The lowest BCUT2D eigenvalue weighted by atomic mass is 10.2. The van der Waals surface area contributed by atoms with E-state index in [9.17, 15) is 0 Å². The maximum Gasteiger partial charge on any atom is 0.117 e. The molecule has 0 aliphatic rings. The molecule has 1 aromatic rings. The van der Waals surface area contributed by atoms with Crippen molar-refractivity contribution in [3.63, 3.8) is 0 Å². The molecule has 0 atom stereocenters. The molecular formula is C12H19NO. The van der Waals surface area contributed by atoms with Gasteiger partial charge in [0.1, 0.15) is 5.76 Å². The van der Waals surface area contributed by atoms with Crippen molar-refractivity contribution in [2.24, 2.45) is 0 Å². The topological polar surface area (TPSA) is 25.2 Å². The molecule has 1 aromatic heterocycles. The Labute approximate surface area is 86.0 Å². The van der Waals surface area contributed by atoms with E-state index in [0.717, 1.165) is 25.3 Å². The Bertz CT molecular complexity index is 228. The quantitative estimate of drug-likeness (QED) is 0.507. The van der Waals surface area contributed by atoms with Crippen molar-refractivity contribution < 1.29 is 4.42 Å². The summed E-state index contributed by atoms with van der Waals surface area (Å²) < 4.78 is 5.20. The Morgan fingerprint density at radius 1 is 1.36 bits per heavy atom. The van der Waals surface area contributed by atoms with Crippen molar-refractivity contribution in [1.29, 1.82) is 0 Å². The summed E-state index contributed by atoms with van der Waals surface area (Å²) in [6.07, 6.45) is 8.59. The van der Waals surface area contributed by atoms with Crippen molar-refractivity contribution in [2.75, 3.05) is 6.54 Å². The molecular weight excluding hydrogens is 174 g/mol. The fourth-order valence-electron chi connectivity index (χ4n) is 1.34. The molecule has 0 unspecified atom stereocenters. The molecule has 0 aromatic carbocycles. The molecule has 0 aliphatic carbocycles. The molecule has 2 nitrogen and oxygen atoms in total. The van der Waals surface area contributed by atoms with Gasteiger partial charge in [-0.2, -0.15) is 0 Å². The van der Waals surface area contributed by atoms with Crippen LogP contribution in [0.15, 0.2) is 35.5 Å². The molecule has 1 rings (SSSR count). The third kappa shape index (κ3) is 4.87. The average molecular weight is 193 g/mol. The van der Waals surface area contributed by atoms with E-state index >= 15 is 0 Å². The summed E-state index contributed by atoms with van der Waals surface area (Å²) in [5, 5.41) is 3.35. The monoisotopic (exact) mass is 193 g/mol. The van der Waals surface area contributed by atoms with Crippen LogP contribution in [-0.4, -0.2) is 6.54 Å². The summed E-state index contributed by atoms with van der Waals surface area (Å²) in [5.41, 5.74) is 0. The first kappa shape index (κ1) is 11.1. The van der Waals surface area contributed by atoms with Crippen LogP contribution in [0.4, 0.5) is 0 Å². The first-order valence-electron chi connectivity index (χ1n) is 5.27. The molecule has 0 aliphatic heterocycles. The van der Waals surface area contributed by atoms with Gasteiger partial charge in [-0.3, -0.25) is 0 Å². The lowest BCUT2D eigenvalue weighted by Gasteiger charge is -2.01. The molecule has 0 saturated carbocycles. The van der Waals surface area contributed by atoms with Gasteiger partial charge in [0, 0.05) is 0 Å². The van der Waals surface area contributed by atoms with Crippen molar-refractivity contribution in [1.82, 2.24) is 5.32 Å². The van der Waals surface area contributed by atoms with Gasteiger partial charge in [-0.15, -0.1) is 6.58 Å². The Balaban J connectivity index is 1.87. The summed E-state index contributed by atoms with van der Waals surface area (Å²) in [7, 11) is 0. The molecule has 0 bridgehead atoms. The molecule has 14 heavy (non-hydrogen) atoms. The fraction of sp³-hybridized carbons (Fsp3) is 0.500. The Hall–Kier alpha value is -1.02. The highest BCUT2D eigenvalue weighted by Gasteiger charge is 1.93. The molecule has 0 radical (unpaired) electrons. The highest BCUT2D eigenvalue weighted by molar-refractivity contribution is 4.97. The summed E-state index contributed by atoms with van der Waals surface area (Å²) in [6, 6.07) is 3.91. The molecule has 78 valence electrons. The Morgan fingerprint density at radius 3 is 3.00 bits per heavy atom. The van der Waals surface area contributed by atoms with Crippen LogP contribution in [0.5, 0.6) is 0 Å². The van der Waals surface area contributed by atoms with Crippen molar-refractivity contribution >= 4 is 0 Å². The first-order chi connectivity index (χ1) is 6.93. The predicted molar refractivity (Wildman–Crippen MR) is 59.1 cm³/mol. The van der Waals surface area contributed by atoms with Gasteiger partial charge in [0.2, 0.25) is 0 Å². The largest absolute Gasteiger partial charge is 0.468 e. The summed E-state index contributed by atoms with van der Waals surface area (Å²) >= 11 is 0. The lowest BCUT2D eigenvalue weighted by Crippen LogP contribution is -2.13.